The van der Waals surface area contributed by atoms with E-state index in [4.69, 9.17) is 16.0 Å². The second-order valence-corrected chi connectivity index (χ2v) is 5.13. The van der Waals surface area contributed by atoms with Crippen molar-refractivity contribution in [3.63, 3.8) is 0 Å². The number of hydrogen-bond donors (Lipinski definition) is 1. The number of carbonyl (C=O) groups is 1. The summed E-state index contributed by atoms with van der Waals surface area (Å²) in [5.41, 5.74) is 0.591. The van der Waals surface area contributed by atoms with Gasteiger partial charge in [0.25, 0.3) is 0 Å². The van der Waals surface area contributed by atoms with E-state index in [0.29, 0.717) is 22.9 Å². The topological polar surface area (TPSA) is 45.5 Å². The van der Waals surface area contributed by atoms with E-state index in [2.05, 4.69) is 10.2 Å². The molecule has 1 N–H and O–H groups in total. The van der Waals surface area contributed by atoms with E-state index in [9.17, 15) is 4.79 Å². The number of piperazine rings is 1. The average Bonchev–Trinajstić information content (AvgIpc) is 2.85. The van der Waals surface area contributed by atoms with Gasteiger partial charge in [-0.2, -0.15) is 0 Å². The van der Waals surface area contributed by atoms with Gasteiger partial charge in [-0.25, -0.2) is 0 Å². The minimum atomic E-state index is 0.00849. The summed E-state index contributed by atoms with van der Waals surface area (Å²) >= 11 is 6.04. The number of carbonyl (C=O) groups excluding carboxylic acids is 1. The number of hydrogen-bond acceptors (Lipinski definition) is 4. The maximum absolute atomic E-state index is 12.2. The molecule has 0 unspecified atom stereocenters. The smallest absolute Gasteiger partial charge is 0.211 e. The maximum atomic E-state index is 12.2. The monoisotopic (exact) mass is 278 g/mol. The zero-order valence-electron chi connectivity index (χ0n) is 10.5. The van der Waals surface area contributed by atoms with Gasteiger partial charge in [0, 0.05) is 31.6 Å². The number of halogens is 1. The Morgan fingerprint density at radius 3 is 2.89 bits per heavy atom. The molecule has 2 heterocycles. The first kappa shape index (κ1) is 12.7. The summed E-state index contributed by atoms with van der Waals surface area (Å²) in [5, 5.41) is 4.67. The molecule has 0 saturated carbocycles. The van der Waals surface area contributed by atoms with Gasteiger partial charge in [-0.1, -0.05) is 23.7 Å². The number of fused-ring (bicyclic) bond motifs is 1. The predicted molar refractivity (Wildman–Crippen MR) is 74.9 cm³/mol. The molecule has 1 fully saturated rings. The van der Waals surface area contributed by atoms with Gasteiger partial charge in [-0.05, 0) is 12.1 Å². The van der Waals surface area contributed by atoms with Crippen LogP contribution >= 0.6 is 11.6 Å². The molecule has 1 aromatic carbocycles. The number of benzene rings is 1. The molecule has 4 nitrogen and oxygen atoms in total. The fourth-order valence-electron chi connectivity index (χ4n) is 2.32. The van der Waals surface area contributed by atoms with Gasteiger partial charge in [-0.15, -0.1) is 0 Å². The highest BCUT2D eigenvalue weighted by Crippen LogP contribution is 2.26. The fourth-order valence-corrected chi connectivity index (χ4v) is 2.54. The summed E-state index contributed by atoms with van der Waals surface area (Å²) in [7, 11) is 0. The molecule has 0 atom stereocenters. The third-order valence-electron chi connectivity index (χ3n) is 3.35. The Labute approximate surface area is 116 Å². The molecule has 1 aliphatic rings. The molecule has 1 saturated heterocycles. The molecule has 0 bridgehead atoms. The van der Waals surface area contributed by atoms with Crippen molar-refractivity contribution < 1.29 is 9.21 Å². The van der Waals surface area contributed by atoms with Crippen LogP contribution in [0.3, 0.4) is 0 Å². The molecule has 19 heavy (non-hydrogen) atoms. The van der Waals surface area contributed by atoms with Crippen LogP contribution in [0.2, 0.25) is 5.02 Å². The van der Waals surface area contributed by atoms with Gasteiger partial charge in [0.1, 0.15) is 0 Å². The molecule has 2 aromatic rings. The minimum absolute atomic E-state index is 0.00849. The van der Waals surface area contributed by atoms with E-state index in [0.717, 1.165) is 31.6 Å². The standard InChI is InChI=1S/C14H15ClN2O2/c15-11-3-1-2-10-8-13(19-14(10)11)12(18)9-17-6-4-16-5-7-17/h1-3,8,16H,4-7,9H2. The number of Topliss-reactive ketones (excluding diaryl/α,β-unsaturated/α-hetero) is 1. The maximum Gasteiger partial charge on any atom is 0.211 e. The van der Waals surface area contributed by atoms with E-state index in [1.165, 1.54) is 0 Å². The molecule has 0 amide bonds. The first-order valence-electron chi connectivity index (χ1n) is 6.38. The van der Waals surface area contributed by atoms with Crippen molar-refractivity contribution in [3.05, 3.63) is 35.0 Å². The van der Waals surface area contributed by atoms with Crippen LogP contribution < -0.4 is 5.32 Å². The Morgan fingerprint density at radius 1 is 1.37 bits per heavy atom. The van der Waals surface area contributed by atoms with Crippen molar-refractivity contribution >= 4 is 28.4 Å². The number of furan rings is 1. The highest BCUT2D eigenvalue weighted by molar-refractivity contribution is 6.34. The van der Waals surface area contributed by atoms with Crippen molar-refractivity contribution in [2.45, 2.75) is 0 Å². The first-order valence-corrected chi connectivity index (χ1v) is 6.76. The van der Waals surface area contributed by atoms with E-state index in [1.54, 1.807) is 12.1 Å². The number of nitrogens with one attached hydrogen (secondary N) is 1. The molecule has 0 spiro atoms. The van der Waals surface area contributed by atoms with Crippen molar-refractivity contribution in [2.24, 2.45) is 0 Å². The van der Waals surface area contributed by atoms with Crippen LogP contribution in [0.25, 0.3) is 11.0 Å². The van der Waals surface area contributed by atoms with Crippen molar-refractivity contribution in [1.29, 1.82) is 0 Å². The predicted octanol–water partition coefficient (Wildman–Crippen LogP) is 2.17. The third-order valence-corrected chi connectivity index (χ3v) is 3.65. The quantitative estimate of drug-likeness (QED) is 0.874. The van der Waals surface area contributed by atoms with Gasteiger partial charge in [-0.3, -0.25) is 9.69 Å². The van der Waals surface area contributed by atoms with Gasteiger partial charge in [0.15, 0.2) is 11.3 Å². The lowest BCUT2D eigenvalue weighted by atomic mass is 10.2. The first-order chi connectivity index (χ1) is 9.24. The number of ketones is 1. The molecule has 1 aliphatic heterocycles. The Bertz CT molecular complexity index is 603. The van der Waals surface area contributed by atoms with Crippen LogP contribution in [-0.2, 0) is 0 Å². The van der Waals surface area contributed by atoms with Gasteiger partial charge < -0.3 is 9.73 Å². The molecule has 3 rings (SSSR count). The van der Waals surface area contributed by atoms with E-state index in [1.807, 2.05) is 12.1 Å². The van der Waals surface area contributed by atoms with Crippen LogP contribution in [0.5, 0.6) is 0 Å². The Kier molecular flexibility index (Phi) is 3.55. The normalized spacial score (nSPS) is 16.9. The molecular formula is C14H15ClN2O2. The van der Waals surface area contributed by atoms with Crippen molar-refractivity contribution in [3.8, 4) is 0 Å². The zero-order chi connectivity index (χ0) is 13.2. The average molecular weight is 279 g/mol. The molecule has 1 aromatic heterocycles. The summed E-state index contributed by atoms with van der Waals surface area (Å²) in [5.74, 6) is 0.399. The number of nitrogens with zero attached hydrogens (tertiary/aromatic N) is 1. The van der Waals surface area contributed by atoms with Gasteiger partial charge in [0.05, 0.1) is 11.6 Å². The number of rotatable bonds is 3. The van der Waals surface area contributed by atoms with Crippen LogP contribution in [-0.4, -0.2) is 43.4 Å². The van der Waals surface area contributed by atoms with Crippen LogP contribution in [0.4, 0.5) is 0 Å². The third kappa shape index (κ3) is 2.66. The summed E-state index contributed by atoms with van der Waals surface area (Å²) in [6.07, 6.45) is 0. The summed E-state index contributed by atoms with van der Waals surface area (Å²) in [4.78, 5) is 14.3. The van der Waals surface area contributed by atoms with Crippen LogP contribution in [0, 0.1) is 0 Å². The minimum Gasteiger partial charge on any atom is -0.451 e. The van der Waals surface area contributed by atoms with E-state index < -0.39 is 0 Å². The molecular weight excluding hydrogens is 264 g/mol. The number of para-hydroxylation sites is 1. The second kappa shape index (κ2) is 5.33. The zero-order valence-corrected chi connectivity index (χ0v) is 11.2. The van der Waals surface area contributed by atoms with Crippen molar-refractivity contribution in [2.75, 3.05) is 32.7 Å². The van der Waals surface area contributed by atoms with Crippen LogP contribution in [0.15, 0.2) is 28.7 Å². The highest BCUT2D eigenvalue weighted by Gasteiger charge is 2.18. The van der Waals surface area contributed by atoms with Crippen molar-refractivity contribution in [1.82, 2.24) is 10.2 Å². The lowest BCUT2D eigenvalue weighted by molar-refractivity contribution is 0.0896. The molecule has 0 aliphatic carbocycles. The second-order valence-electron chi connectivity index (χ2n) is 4.72. The Hall–Kier alpha value is -1.36. The lowest BCUT2D eigenvalue weighted by Gasteiger charge is -2.25. The van der Waals surface area contributed by atoms with Gasteiger partial charge in [0.2, 0.25) is 5.78 Å². The largest absolute Gasteiger partial charge is 0.451 e. The highest BCUT2D eigenvalue weighted by atomic mass is 35.5. The summed E-state index contributed by atoms with van der Waals surface area (Å²) < 4.78 is 5.58. The van der Waals surface area contributed by atoms with E-state index >= 15 is 0 Å². The van der Waals surface area contributed by atoms with Crippen LogP contribution in [0.1, 0.15) is 10.6 Å². The summed E-state index contributed by atoms with van der Waals surface area (Å²) in [6, 6.07) is 7.28. The molecule has 100 valence electrons. The fraction of sp³-hybridized carbons (Fsp3) is 0.357. The SMILES string of the molecule is O=C(CN1CCNCC1)c1cc2cccc(Cl)c2o1. The Balaban J connectivity index is 1.79. The lowest BCUT2D eigenvalue weighted by Crippen LogP contribution is -2.45. The molecule has 0 radical (unpaired) electrons. The van der Waals surface area contributed by atoms with E-state index in [-0.39, 0.29) is 5.78 Å². The summed E-state index contributed by atoms with van der Waals surface area (Å²) in [6.45, 7) is 4.05. The molecule has 5 heteroatoms. The van der Waals surface area contributed by atoms with Gasteiger partial charge >= 0.3 is 0 Å². The Morgan fingerprint density at radius 2 is 2.16 bits per heavy atom.